The number of hydrogen-bond donors (Lipinski definition) is 0. The number of benzene rings is 14. The minimum Gasteiger partial charge on any atom is -0.399 e. The maximum absolute atomic E-state index is 10.1. The fourth-order valence-electron chi connectivity index (χ4n) is 15.0. The highest BCUT2D eigenvalue weighted by Crippen LogP contribution is 2.43. The van der Waals surface area contributed by atoms with E-state index in [1.165, 1.54) is 76.2 Å². The topological polar surface area (TPSA) is 85.8 Å². The molecule has 10 heteroatoms. The van der Waals surface area contributed by atoms with Crippen molar-refractivity contribution in [2.24, 2.45) is 0 Å². The highest BCUT2D eigenvalue weighted by molar-refractivity contribution is 9.10. The van der Waals surface area contributed by atoms with Gasteiger partial charge in [0.25, 0.3) is 0 Å². The van der Waals surface area contributed by atoms with E-state index in [0.717, 1.165) is 77.1 Å². The zero-order chi connectivity index (χ0) is 69.2. The van der Waals surface area contributed by atoms with E-state index in [1.807, 2.05) is 54.6 Å². The Kier molecular flexibility index (Phi) is 16.0. The fraction of sp³-hybridized carbons (Fsp3) is 0.0652. The molecular weight excluding hydrogens is 1310 g/mol. The Morgan fingerprint density at radius 3 is 1.04 bits per heavy atom. The van der Waals surface area contributed by atoms with Crippen molar-refractivity contribution in [2.75, 3.05) is 0 Å². The standard InChI is InChI=1S/C43H27N3.C25H15BrN2.C24H24BNO2/c44-28-30-12-4-5-15-35(30)32-24-31(25-34(26-32)46-40-19-9-6-16-36(40)37-17-7-10-20-41(37)46)29-22-23-43-39(27-29)38-18-8-11-21-42(38)45(43)33-13-2-1-3-14-33;26-19-13-18(21-8-2-1-7-17(21)16-27)14-20(15-19)28-24-11-5-3-9-22(24)23-10-4-6-12-25(23)28;1-23(2)24(3,4)28-25(27-23)17-14-15-22-20(16-17)19-12-8-9-13-21(19)26(22)18-10-6-5-7-11-18/h1-27H;1-15H;5-16H,1-4H3. The molecule has 1 fully saturated rings. The minimum atomic E-state index is -0.353. The third-order valence-corrected chi connectivity index (χ3v) is 20.9. The van der Waals surface area contributed by atoms with Crippen molar-refractivity contribution in [3.05, 3.63) is 343 Å². The van der Waals surface area contributed by atoms with Crippen molar-refractivity contribution >= 4 is 116 Å². The van der Waals surface area contributed by atoms with Crippen molar-refractivity contribution in [3.63, 3.8) is 0 Å². The molecule has 0 spiro atoms. The predicted octanol–water partition coefficient (Wildman–Crippen LogP) is 23.3. The number of aromatic nitrogens is 4. The Balaban J connectivity index is 0.000000120. The molecule has 0 atom stereocenters. The second-order valence-electron chi connectivity index (χ2n) is 27.0. The van der Waals surface area contributed by atoms with E-state index in [2.05, 4.69) is 347 Å². The molecule has 5 heterocycles. The van der Waals surface area contributed by atoms with Crippen molar-refractivity contribution in [3.8, 4) is 68.3 Å². The second kappa shape index (κ2) is 25.8. The quantitative estimate of drug-likeness (QED) is 0.142. The SMILES string of the molecule is CC1(C)OB(c2ccc3c(c2)c2ccccc2n3-c2ccccc2)OC1(C)C.N#Cc1ccccc1-c1cc(-c2ccc3c(c2)c2ccccc2n3-c2ccccc2)cc(-n2c3ccccc3c3ccccc32)c1.N#Cc1ccccc1-c1cc(Br)cc(-n2c3ccccc3c3ccccc32)c1. The molecule has 0 aliphatic carbocycles. The molecule has 0 amide bonds. The molecule has 8 nitrogen and oxygen atoms in total. The summed E-state index contributed by atoms with van der Waals surface area (Å²) in [6, 6.07) is 119. The fourth-order valence-corrected chi connectivity index (χ4v) is 15.4. The lowest BCUT2D eigenvalue weighted by molar-refractivity contribution is 0.00578. The van der Waals surface area contributed by atoms with Crippen LogP contribution >= 0.6 is 15.9 Å². The number of fused-ring (bicyclic) bond motifs is 12. The van der Waals surface area contributed by atoms with Gasteiger partial charge in [0.1, 0.15) is 0 Å². The first kappa shape index (κ1) is 63.2. The van der Waals surface area contributed by atoms with Crippen molar-refractivity contribution in [2.45, 2.75) is 38.9 Å². The lowest BCUT2D eigenvalue weighted by Gasteiger charge is -2.32. The monoisotopic (exact) mass is 1380 g/mol. The van der Waals surface area contributed by atoms with Crippen LogP contribution < -0.4 is 5.46 Å². The maximum atomic E-state index is 10.1. The molecule has 4 aromatic heterocycles. The third-order valence-electron chi connectivity index (χ3n) is 20.5. The van der Waals surface area contributed by atoms with Crippen molar-refractivity contribution in [1.82, 2.24) is 18.3 Å². The highest BCUT2D eigenvalue weighted by Gasteiger charge is 2.51. The Morgan fingerprint density at radius 1 is 0.284 bits per heavy atom. The molecule has 0 N–H and O–H groups in total. The first-order chi connectivity index (χ1) is 49.9. The summed E-state index contributed by atoms with van der Waals surface area (Å²) in [5, 5.41) is 29.4. The highest BCUT2D eigenvalue weighted by atomic mass is 79.9. The summed E-state index contributed by atoms with van der Waals surface area (Å²) in [6.45, 7) is 8.36. The van der Waals surface area contributed by atoms with Crippen LogP contribution in [0.2, 0.25) is 0 Å². The van der Waals surface area contributed by atoms with Crippen LogP contribution in [0.5, 0.6) is 0 Å². The van der Waals surface area contributed by atoms with Crippen LogP contribution in [0.3, 0.4) is 0 Å². The average Bonchev–Trinajstić information content (AvgIpc) is 1.59. The molecule has 0 bridgehead atoms. The Bertz CT molecular complexity index is 6280. The molecule has 0 saturated carbocycles. The van der Waals surface area contributed by atoms with Crippen LogP contribution in [0.15, 0.2) is 332 Å². The molecule has 1 aliphatic heterocycles. The maximum Gasteiger partial charge on any atom is 0.494 e. The van der Waals surface area contributed by atoms with Crippen molar-refractivity contribution < 1.29 is 9.31 Å². The summed E-state index contributed by atoms with van der Waals surface area (Å²) in [5.74, 6) is 0. The van der Waals surface area contributed by atoms with E-state index in [0.29, 0.717) is 11.1 Å². The van der Waals surface area contributed by atoms with Gasteiger partial charge in [0.05, 0.1) is 78.6 Å². The summed E-state index contributed by atoms with van der Waals surface area (Å²) < 4.78 is 22.8. The van der Waals surface area contributed by atoms with Gasteiger partial charge in [-0.25, -0.2) is 0 Å². The summed E-state index contributed by atoms with van der Waals surface area (Å²) in [6.07, 6.45) is 0. The normalized spacial score (nSPS) is 13.2. The van der Waals surface area contributed by atoms with Crippen LogP contribution in [0.1, 0.15) is 38.8 Å². The summed E-state index contributed by atoms with van der Waals surface area (Å²) in [7, 11) is -0.353. The lowest BCUT2D eigenvalue weighted by atomic mass is 9.78. The summed E-state index contributed by atoms with van der Waals surface area (Å²) >= 11 is 3.67. The smallest absolute Gasteiger partial charge is 0.399 e. The van der Waals surface area contributed by atoms with Gasteiger partial charge in [0.15, 0.2) is 0 Å². The molecular formula is C92H66BBrN6O2. The molecule has 1 saturated heterocycles. The number of nitrogens with zero attached hydrogens (tertiary/aromatic N) is 6. The van der Waals surface area contributed by atoms with Crippen LogP contribution in [0.25, 0.3) is 143 Å². The average molecular weight is 1380 g/mol. The van der Waals surface area contributed by atoms with Crippen LogP contribution in [-0.4, -0.2) is 36.6 Å². The van der Waals surface area contributed by atoms with E-state index in [-0.39, 0.29) is 18.3 Å². The molecule has 14 aromatic carbocycles. The van der Waals surface area contributed by atoms with Crippen LogP contribution in [0.4, 0.5) is 0 Å². The third kappa shape index (κ3) is 11.0. The van der Waals surface area contributed by atoms with E-state index >= 15 is 0 Å². The molecule has 486 valence electrons. The van der Waals surface area contributed by atoms with Gasteiger partial charge in [0, 0.05) is 70.3 Å². The first-order valence-electron chi connectivity index (χ1n) is 34.4. The van der Waals surface area contributed by atoms with E-state index in [1.54, 1.807) is 0 Å². The van der Waals surface area contributed by atoms with Gasteiger partial charge in [-0.15, -0.1) is 0 Å². The predicted molar refractivity (Wildman–Crippen MR) is 426 cm³/mol. The molecule has 0 unspecified atom stereocenters. The van der Waals surface area contributed by atoms with Crippen LogP contribution in [0, 0.1) is 22.7 Å². The van der Waals surface area contributed by atoms with E-state index < -0.39 is 0 Å². The molecule has 19 rings (SSSR count). The zero-order valence-electron chi connectivity index (χ0n) is 56.6. The Morgan fingerprint density at radius 2 is 0.608 bits per heavy atom. The van der Waals surface area contributed by atoms with E-state index in [4.69, 9.17) is 9.31 Å². The molecule has 1 aliphatic rings. The lowest BCUT2D eigenvalue weighted by Crippen LogP contribution is -2.41. The van der Waals surface area contributed by atoms with Gasteiger partial charge in [-0.1, -0.05) is 216 Å². The minimum absolute atomic E-state index is 0.343. The van der Waals surface area contributed by atoms with Crippen molar-refractivity contribution in [1.29, 1.82) is 10.5 Å². The molecule has 18 aromatic rings. The van der Waals surface area contributed by atoms with Crippen LogP contribution in [-0.2, 0) is 9.31 Å². The largest absolute Gasteiger partial charge is 0.494 e. The van der Waals surface area contributed by atoms with Gasteiger partial charge in [0.2, 0.25) is 0 Å². The Labute approximate surface area is 600 Å². The van der Waals surface area contributed by atoms with Gasteiger partial charge in [-0.3, -0.25) is 0 Å². The first-order valence-corrected chi connectivity index (χ1v) is 35.2. The number of hydrogen-bond acceptors (Lipinski definition) is 4. The Hall–Kier alpha value is -12.3. The van der Waals surface area contributed by atoms with E-state index in [9.17, 15) is 10.5 Å². The summed E-state index contributed by atoms with van der Waals surface area (Å²) in [4.78, 5) is 0. The molecule has 0 radical (unpaired) electrons. The second-order valence-corrected chi connectivity index (χ2v) is 27.9. The molecule has 102 heavy (non-hydrogen) atoms. The van der Waals surface area contributed by atoms with Gasteiger partial charge in [-0.2, -0.15) is 10.5 Å². The zero-order valence-corrected chi connectivity index (χ0v) is 58.2. The van der Waals surface area contributed by atoms with Gasteiger partial charge >= 0.3 is 7.12 Å². The van der Waals surface area contributed by atoms with Gasteiger partial charge < -0.3 is 27.6 Å². The summed E-state index contributed by atoms with van der Waals surface area (Å²) in [5.41, 5.74) is 21.6. The number of rotatable bonds is 8. The van der Waals surface area contributed by atoms with Gasteiger partial charge in [-0.05, 0) is 194 Å². The number of halogens is 1. The number of nitriles is 2. The number of para-hydroxylation sites is 8.